The highest BCUT2D eigenvalue weighted by Crippen LogP contribution is 2.32. The molecule has 0 aliphatic rings. The standard InChI is InChI=1S/C13H20O2S/c1-10-6-8-11(9-7-10)16-15-13(4,5)12(2,3)14/h6-9,14H,1-5H3. The Morgan fingerprint density at radius 3 is 2.00 bits per heavy atom. The molecule has 0 radical (unpaired) electrons. The van der Waals surface area contributed by atoms with Gasteiger partial charge >= 0.3 is 0 Å². The Hall–Kier alpha value is -0.510. The maximum Gasteiger partial charge on any atom is 0.106 e. The quantitative estimate of drug-likeness (QED) is 0.816. The Labute approximate surface area is 102 Å². The number of aliphatic hydroxyl groups is 1. The summed E-state index contributed by atoms with van der Waals surface area (Å²) in [4.78, 5) is 1.04. The van der Waals surface area contributed by atoms with Gasteiger partial charge < -0.3 is 9.29 Å². The molecule has 3 heteroatoms. The largest absolute Gasteiger partial charge is 0.387 e. The lowest BCUT2D eigenvalue weighted by Crippen LogP contribution is -2.45. The van der Waals surface area contributed by atoms with Crippen LogP contribution in [0.15, 0.2) is 29.2 Å². The van der Waals surface area contributed by atoms with Crippen LogP contribution in [0.3, 0.4) is 0 Å². The monoisotopic (exact) mass is 240 g/mol. The predicted octanol–water partition coefficient (Wildman–Crippen LogP) is 3.57. The summed E-state index contributed by atoms with van der Waals surface area (Å²) in [5.41, 5.74) is -0.237. The van der Waals surface area contributed by atoms with Crippen molar-refractivity contribution in [2.24, 2.45) is 0 Å². The summed E-state index contributed by atoms with van der Waals surface area (Å²) >= 11 is 1.30. The molecule has 1 rings (SSSR count). The van der Waals surface area contributed by atoms with Gasteiger partial charge in [0, 0.05) is 16.9 Å². The van der Waals surface area contributed by atoms with Gasteiger partial charge in [-0.05, 0) is 46.8 Å². The molecule has 0 aromatic heterocycles. The van der Waals surface area contributed by atoms with Crippen molar-refractivity contribution in [3.63, 3.8) is 0 Å². The molecule has 16 heavy (non-hydrogen) atoms. The summed E-state index contributed by atoms with van der Waals surface area (Å²) < 4.78 is 5.69. The first-order valence-electron chi connectivity index (χ1n) is 5.37. The van der Waals surface area contributed by atoms with E-state index < -0.39 is 11.2 Å². The van der Waals surface area contributed by atoms with Crippen LogP contribution in [0.25, 0.3) is 0 Å². The summed E-state index contributed by atoms with van der Waals surface area (Å²) in [6.07, 6.45) is 0. The summed E-state index contributed by atoms with van der Waals surface area (Å²) in [5.74, 6) is 0. The highest BCUT2D eigenvalue weighted by atomic mass is 32.2. The molecule has 90 valence electrons. The molecule has 2 nitrogen and oxygen atoms in total. The van der Waals surface area contributed by atoms with Crippen molar-refractivity contribution in [2.75, 3.05) is 0 Å². The van der Waals surface area contributed by atoms with E-state index in [9.17, 15) is 5.11 Å². The van der Waals surface area contributed by atoms with Crippen LogP contribution in [0.1, 0.15) is 33.3 Å². The molecule has 0 heterocycles. The Kier molecular flexibility index (Phi) is 4.05. The van der Waals surface area contributed by atoms with E-state index in [0.717, 1.165) is 4.90 Å². The fourth-order valence-corrected chi connectivity index (χ4v) is 1.60. The third kappa shape index (κ3) is 3.51. The summed E-state index contributed by atoms with van der Waals surface area (Å²) in [7, 11) is 0. The van der Waals surface area contributed by atoms with Crippen molar-refractivity contribution < 1.29 is 9.29 Å². The third-order valence-corrected chi connectivity index (χ3v) is 3.81. The molecular formula is C13H20O2S. The highest BCUT2D eigenvalue weighted by molar-refractivity contribution is 7.94. The summed E-state index contributed by atoms with van der Waals surface area (Å²) in [6, 6.07) is 8.12. The molecule has 1 N–H and O–H groups in total. The fraction of sp³-hybridized carbons (Fsp3) is 0.538. The van der Waals surface area contributed by atoms with E-state index in [4.69, 9.17) is 4.18 Å². The van der Waals surface area contributed by atoms with Gasteiger partial charge in [-0.1, -0.05) is 17.7 Å². The highest BCUT2D eigenvalue weighted by Gasteiger charge is 2.36. The smallest absolute Gasteiger partial charge is 0.106 e. The lowest BCUT2D eigenvalue weighted by molar-refractivity contribution is -0.0813. The molecule has 0 aliphatic heterocycles. The zero-order chi connectivity index (χ0) is 12.4. The average molecular weight is 240 g/mol. The van der Waals surface area contributed by atoms with Crippen molar-refractivity contribution in [2.45, 2.75) is 50.7 Å². The normalized spacial score (nSPS) is 12.9. The van der Waals surface area contributed by atoms with Gasteiger partial charge in [0.05, 0.1) is 5.60 Å². The van der Waals surface area contributed by atoms with Crippen LogP contribution in [0, 0.1) is 6.92 Å². The zero-order valence-electron chi connectivity index (χ0n) is 10.6. The van der Waals surface area contributed by atoms with Gasteiger partial charge in [-0.15, -0.1) is 0 Å². The molecule has 0 fully saturated rings. The molecule has 0 bridgehead atoms. The van der Waals surface area contributed by atoms with E-state index in [1.807, 2.05) is 38.1 Å². The van der Waals surface area contributed by atoms with Gasteiger partial charge in [-0.25, -0.2) is 0 Å². The van der Waals surface area contributed by atoms with Gasteiger partial charge in [0.2, 0.25) is 0 Å². The first kappa shape index (κ1) is 13.6. The van der Waals surface area contributed by atoms with E-state index in [0.29, 0.717) is 0 Å². The molecule has 0 amide bonds. The molecule has 0 saturated heterocycles. The van der Waals surface area contributed by atoms with Crippen LogP contribution in [0.5, 0.6) is 0 Å². The number of hydrogen-bond donors (Lipinski definition) is 1. The first-order valence-corrected chi connectivity index (χ1v) is 6.11. The molecule has 0 saturated carbocycles. The number of hydrogen-bond acceptors (Lipinski definition) is 3. The Bertz CT molecular complexity index is 336. The maximum atomic E-state index is 9.93. The Balaban J connectivity index is 2.61. The van der Waals surface area contributed by atoms with E-state index in [1.54, 1.807) is 13.8 Å². The second-order valence-corrected chi connectivity index (χ2v) is 5.85. The fourth-order valence-electron chi connectivity index (χ4n) is 0.848. The Morgan fingerprint density at radius 2 is 1.56 bits per heavy atom. The molecule has 0 atom stereocenters. The van der Waals surface area contributed by atoms with Gasteiger partial charge in [-0.3, -0.25) is 0 Å². The predicted molar refractivity (Wildman–Crippen MR) is 68.5 cm³/mol. The van der Waals surface area contributed by atoms with Crippen molar-refractivity contribution >= 4 is 12.0 Å². The van der Waals surface area contributed by atoms with Gasteiger partial charge in [0.25, 0.3) is 0 Å². The van der Waals surface area contributed by atoms with Crippen molar-refractivity contribution in [3.05, 3.63) is 29.8 Å². The van der Waals surface area contributed by atoms with Gasteiger partial charge in [0.15, 0.2) is 0 Å². The molecule has 0 spiro atoms. The van der Waals surface area contributed by atoms with Gasteiger partial charge in [-0.2, -0.15) is 0 Å². The molecule has 0 unspecified atom stereocenters. The zero-order valence-corrected chi connectivity index (χ0v) is 11.4. The molecule has 1 aromatic carbocycles. The second-order valence-electron chi connectivity index (χ2n) is 5.05. The number of benzene rings is 1. The van der Waals surface area contributed by atoms with E-state index in [2.05, 4.69) is 6.92 Å². The van der Waals surface area contributed by atoms with Crippen LogP contribution >= 0.6 is 12.0 Å². The minimum absolute atomic E-state index is 0.595. The van der Waals surface area contributed by atoms with Crippen LogP contribution in [0.2, 0.25) is 0 Å². The second kappa shape index (κ2) is 4.78. The third-order valence-electron chi connectivity index (χ3n) is 2.84. The van der Waals surface area contributed by atoms with E-state index in [1.165, 1.54) is 17.6 Å². The summed E-state index contributed by atoms with van der Waals surface area (Å²) in [5, 5.41) is 9.93. The lowest BCUT2D eigenvalue weighted by Gasteiger charge is -2.35. The maximum absolute atomic E-state index is 9.93. The van der Waals surface area contributed by atoms with Crippen LogP contribution in [-0.2, 0) is 4.18 Å². The first-order chi connectivity index (χ1) is 7.22. The summed E-state index contributed by atoms with van der Waals surface area (Å²) in [6.45, 7) is 9.32. The van der Waals surface area contributed by atoms with Crippen molar-refractivity contribution in [3.8, 4) is 0 Å². The lowest BCUT2D eigenvalue weighted by atomic mass is 9.90. The minimum Gasteiger partial charge on any atom is -0.387 e. The molecule has 1 aromatic rings. The van der Waals surface area contributed by atoms with Crippen molar-refractivity contribution in [1.29, 1.82) is 0 Å². The van der Waals surface area contributed by atoms with Gasteiger partial charge in [0.1, 0.15) is 5.60 Å². The average Bonchev–Trinajstić information content (AvgIpc) is 2.15. The van der Waals surface area contributed by atoms with Crippen LogP contribution in [0.4, 0.5) is 0 Å². The molecule has 0 aliphatic carbocycles. The minimum atomic E-state index is -0.870. The topological polar surface area (TPSA) is 29.5 Å². The van der Waals surface area contributed by atoms with Crippen LogP contribution < -0.4 is 0 Å². The SMILES string of the molecule is Cc1ccc(SOC(C)(C)C(C)(C)O)cc1. The molecular weight excluding hydrogens is 220 g/mol. The Morgan fingerprint density at radius 1 is 1.06 bits per heavy atom. The van der Waals surface area contributed by atoms with Crippen molar-refractivity contribution in [1.82, 2.24) is 0 Å². The van der Waals surface area contributed by atoms with Crippen LogP contribution in [-0.4, -0.2) is 16.3 Å². The van der Waals surface area contributed by atoms with E-state index >= 15 is 0 Å². The number of aryl methyl sites for hydroxylation is 1. The van der Waals surface area contributed by atoms with E-state index in [-0.39, 0.29) is 0 Å². The number of rotatable bonds is 4.